The van der Waals surface area contributed by atoms with E-state index >= 15 is 0 Å². The largest absolute Gasteiger partial charge is 0.505 e. The molecule has 55 heavy (non-hydrogen) atoms. The molecule has 0 fully saturated rings. The molecule has 0 unspecified atom stereocenters. The summed E-state index contributed by atoms with van der Waals surface area (Å²) < 4.78 is 107. The number of benzene rings is 5. The number of nitrogens with zero attached hydrogens (tertiary/aromatic N) is 5. The number of nitrogens with one attached hydrogen (secondary N) is 2. The fourth-order valence-electron chi connectivity index (χ4n) is 5.18. The standard InChI is InChI=1S/C29H21ClN8O13S4/c30-27-34-28(32-15-6-8-22(18(31)11-15)54(44,45)46)36-29(35-27)33-20-12-16(53(41,42)43)9-14-10-21(52-51-50-40)24(25(39)23(14)20)38-37-19-7-5-13-3-1-2-4-17(13)26(19)55(47,48)49/h1-12,39-40H,31H2,(H,41,42,43)(H,44,45,46)(H,47,48,49)(H2,32,33,34,35,36). The molecule has 0 aliphatic carbocycles. The summed E-state index contributed by atoms with van der Waals surface area (Å²) in [5.41, 5.74) is 4.43. The Balaban J connectivity index is 1.50. The van der Waals surface area contributed by atoms with E-state index in [1.807, 2.05) is 0 Å². The molecule has 6 rings (SSSR count). The van der Waals surface area contributed by atoms with E-state index in [1.165, 1.54) is 36.4 Å². The summed E-state index contributed by atoms with van der Waals surface area (Å²) in [6.07, 6.45) is 0. The van der Waals surface area contributed by atoms with Crippen molar-refractivity contribution < 1.29 is 58.6 Å². The van der Waals surface area contributed by atoms with Crippen LogP contribution < -0.4 is 16.4 Å². The Labute approximate surface area is 318 Å². The average Bonchev–Trinajstić information content (AvgIpc) is 3.08. The van der Waals surface area contributed by atoms with Crippen molar-refractivity contribution in [2.24, 2.45) is 10.2 Å². The first-order chi connectivity index (χ1) is 25.8. The molecule has 0 saturated carbocycles. The Kier molecular flexibility index (Phi) is 10.8. The fraction of sp³-hybridized carbons (Fsp3) is 0. The molecule has 286 valence electrons. The minimum Gasteiger partial charge on any atom is -0.505 e. The van der Waals surface area contributed by atoms with Gasteiger partial charge in [-0.25, -0.2) is 5.26 Å². The van der Waals surface area contributed by atoms with Gasteiger partial charge in [-0.3, -0.25) is 13.7 Å². The third-order valence-corrected chi connectivity index (χ3v) is 10.8. The molecule has 9 N–H and O–H groups in total. The lowest BCUT2D eigenvalue weighted by atomic mass is 10.1. The van der Waals surface area contributed by atoms with Gasteiger partial charge in [0.15, 0.2) is 5.75 Å². The van der Waals surface area contributed by atoms with Gasteiger partial charge in [0.25, 0.3) is 30.4 Å². The second-order valence-electron chi connectivity index (χ2n) is 10.9. The van der Waals surface area contributed by atoms with Crippen molar-refractivity contribution in [3.63, 3.8) is 0 Å². The number of azo groups is 1. The van der Waals surface area contributed by atoms with Crippen molar-refractivity contribution in [2.75, 3.05) is 16.4 Å². The second-order valence-corrected chi connectivity index (χ2v) is 16.1. The van der Waals surface area contributed by atoms with Crippen LogP contribution in [0.4, 0.5) is 40.3 Å². The summed E-state index contributed by atoms with van der Waals surface area (Å²) in [7, 11) is -14.5. The smallest absolute Gasteiger partial charge is 0.297 e. The van der Waals surface area contributed by atoms with Crippen LogP contribution in [0, 0.1) is 0 Å². The highest BCUT2D eigenvalue weighted by Crippen LogP contribution is 2.48. The van der Waals surface area contributed by atoms with Crippen LogP contribution >= 0.6 is 23.6 Å². The zero-order valence-electron chi connectivity index (χ0n) is 26.8. The van der Waals surface area contributed by atoms with Gasteiger partial charge in [0, 0.05) is 16.5 Å². The Morgan fingerprint density at radius 3 is 2.15 bits per heavy atom. The highest BCUT2D eigenvalue weighted by molar-refractivity contribution is 7.94. The van der Waals surface area contributed by atoms with Crippen LogP contribution in [-0.4, -0.2) is 64.2 Å². The summed E-state index contributed by atoms with van der Waals surface area (Å²) in [5, 5.41) is 37.3. The van der Waals surface area contributed by atoms with Gasteiger partial charge in [0.05, 0.1) is 33.2 Å². The number of rotatable bonds is 12. The van der Waals surface area contributed by atoms with Crippen molar-refractivity contribution in [3.8, 4) is 5.75 Å². The number of nitrogens with two attached hydrogens (primary N) is 1. The number of phenols is 1. The monoisotopic (exact) mass is 852 g/mol. The maximum absolute atomic E-state index is 12.5. The number of nitrogen functional groups attached to an aromatic ring is 1. The highest BCUT2D eigenvalue weighted by atomic mass is 35.5. The summed E-state index contributed by atoms with van der Waals surface area (Å²) in [4.78, 5) is 9.94. The van der Waals surface area contributed by atoms with Gasteiger partial charge < -0.3 is 21.5 Å². The first-order valence-corrected chi connectivity index (χ1v) is 20.0. The van der Waals surface area contributed by atoms with E-state index in [2.05, 4.69) is 45.2 Å². The molecule has 0 amide bonds. The van der Waals surface area contributed by atoms with Crippen molar-refractivity contribution in [1.29, 1.82) is 0 Å². The number of anilines is 5. The molecular weight excluding hydrogens is 832 g/mol. The average molecular weight is 853 g/mol. The minimum absolute atomic E-state index is 0.100. The van der Waals surface area contributed by atoms with Crippen LogP contribution in [0.25, 0.3) is 21.5 Å². The van der Waals surface area contributed by atoms with Crippen LogP contribution in [0.2, 0.25) is 5.28 Å². The number of fused-ring (bicyclic) bond motifs is 2. The van der Waals surface area contributed by atoms with Crippen molar-refractivity contribution in [2.45, 2.75) is 19.6 Å². The molecule has 0 atom stereocenters. The van der Waals surface area contributed by atoms with Gasteiger partial charge in [0.2, 0.25) is 17.2 Å². The molecule has 1 aromatic heterocycles. The normalized spacial score (nSPS) is 12.5. The Morgan fingerprint density at radius 2 is 1.49 bits per heavy atom. The maximum atomic E-state index is 12.5. The van der Waals surface area contributed by atoms with E-state index in [4.69, 9.17) is 22.6 Å². The topological polar surface area (TPSA) is 335 Å². The van der Waals surface area contributed by atoms with Gasteiger partial charge in [-0.15, -0.1) is 14.6 Å². The number of hydrogen-bond acceptors (Lipinski definition) is 19. The van der Waals surface area contributed by atoms with Gasteiger partial charge in [-0.2, -0.15) is 40.2 Å². The quantitative estimate of drug-likeness (QED) is 0.0170. The molecule has 5 aromatic carbocycles. The Morgan fingerprint density at radius 1 is 0.782 bits per heavy atom. The van der Waals surface area contributed by atoms with Crippen LogP contribution in [0.5, 0.6) is 5.75 Å². The SMILES string of the molecule is Nc1cc(Nc2nc(Cl)nc(Nc3cc(S(=O)(=O)O)cc4cc(SOOO)c(N=Nc5ccc6ccccc6c5S(=O)(=O)O)c(O)c34)n2)ccc1S(=O)(=O)O. The molecule has 0 bridgehead atoms. The van der Waals surface area contributed by atoms with Crippen LogP contribution in [0.15, 0.2) is 103 Å². The number of aromatic hydroxyl groups is 1. The van der Waals surface area contributed by atoms with Crippen molar-refractivity contribution >= 4 is 116 Å². The lowest BCUT2D eigenvalue weighted by Gasteiger charge is -2.15. The predicted octanol–water partition coefficient (Wildman–Crippen LogP) is 6.19. The third kappa shape index (κ3) is 8.66. The number of halogens is 1. The first-order valence-electron chi connectivity index (χ1n) is 14.5. The zero-order chi connectivity index (χ0) is 39.9. The first kappa shape index (κ1) is 39.4. The molecule has 6 aromatic rings. The van der Waals surface area contributed by atoms with Gasteiger partial charge >= 0.3 is 0 Å². The van der Waals surface area contributed by atoms with E-state index in [1.54, 1.807) is 12.1 Å². The molecule has 0 aliphatic rings. The summed E-state index contributed by atoms with van der Waals surface area (Å²) in [6.45, 7) is 0. The van der Waals surface area contributed by atoms with Gasteiger partial charge in [0.1, 0.15) is 21.2 Å². The molecule has 21 nitrogen and oxygen atoms in total. The third-order valence-electron chi connectivity index (χ3n) is 7.35. The second kappa shape index (κ2) is 15.1. The molecule has 0 saturated heterocycles. The highest BCUT2D eigenvalue weighted by Gasteiger charge is 2.24. The van der Waals surface area contributed by atoms with Gasteiger partial charge in [-0.1, -0.05) is 35.4 Å². The van der Waals surface area contributed by atoms with Crippen LogP contribution in [-0.2, 0) is 39.7 Å². The molecule has 1 heterocycles. The minimum atomic E-state index is -4.93. The molecule has 0 aliphatic heterocycles. The molecule has 0 spiro atoms. The lowest BCUT2D eigenvalue weighted by molar-refractivity contribution is -0.432. The molecule has 0 radical (unpaired) electrons. The van der Waals surface area contributed by atoms with Crippen molar-refractivity contribution in [1.82, 2.24) is 15.0 Å². The number of phenolic OH excluding ortho intramolecular Hbond substituents is 1. The lowest BCUT2D eigenvalue weighted by Crippen LogP contribution is -2.07. The fourth-order valence-corrected chi connectivity index (χ4v) is 7.81. The van der Waals surface area contributed by atoms with E-state index < -0.39 is 61.8 Å². The predicted molar refractivity (Wildman–Crippen MR) is 196 cm³/mol. The Hall–Kier alpha value is -5.32. The number of hydrogen-bond donors (Lipinski definition) is 8. The number of aromatic nitrogens is 3. The van der Waals surface area contributed by atoms with E-state index in [-0.39, 0.29) is 67.7 Å². The van der Waals surface area contributed by atoms with E-state index in [0.29, 0.717) is 5.39 Å². The maximum Gasteiger partial charge on any atom is 0.297 e. The van der Waals surface area contributed by atoms with E-state index in [9.17, 15) is 44.0 Å². The summed E-state index contributed by atoms with van der Waals surface area (Å²) in [5.74, 6) is -1.41. The Bertz CT molecular complexity index is 2900. The molecule has 26 heteroatoms. The van der Waals surface area contributed by atoms with E-state index in [0.717, 1.165) is 24.3 Å². The summed E-state index contributed by atoms with van der Waals surface area (Å²) >= 11 is 6.38. The molecular formula is C29H21ClN8O13S4. The van der Waals surface area contributed by atoms with Crippen LogP contribution in [0.3, 0.4) is 0 Å². The van der Waals surface area contributed by atoms with Crippen molar-refractivity contribution in [3.05, 3.63) is 78.1 Å². The summed E-state index contributed by atoms with van der Waals surface area (Å²) in [6, 6.07) is 15.3. The van der Waals surface area contributed by atoms with Gasteiger partial charge in [-0.05, 0) is 64.8 Å². The van der Waals surface area contributed by atoms with Crippen LogP contribution in [0.1, 0.15) is 0 Å². The zero-order valence-corrected chi connectivity index (χ0v) is 30.8.